The highest BCUT2D eigenvalue weighted by molar-refractivity contribution is 5.84. The molecule has 1 aliphatic carbocycles. The van der Waals surface area contributed by atoms with E-state index in [-0.39, 0.29) is 30.6 Å². The third-order valence-corrected chi connectivity index (χ3v) is 6.15. The largest absolute Gasteiger partial charge is 0.502 e. The molecule has 0 unspecified atom stereocenters. The van der Waals surface area contributed by atoms with Crippen LogP contribution in [0.4, 0.5) is 0 Å². The van der Waals surface area contributed by atoms with Crippen LogP contribution in [-0.4, -0.2) is 43.8 Å². The molecule has 0 saturated carbocycles. The summed E-state index contributed by atoms with van der Waals surface area (Å²) in [6.45, 7) is 0.326. The van der Waals surface area contributed by atoms with Gasteiger partial charge >= 0.3 is 5.97 Å². The average molecular weight is 400 g/mol. The molecule has 1 spiro atoms. The number of aromatic hydroxyl groups is 1. The van der Waals surface area contributed by atoms with Crippen molar-refractivity contribution in [2.24, 2.45) is 5.41 Å². The number of aliphatic hydroxyl groups excluding tert-OH is 1. The van der Waals surface area contributed by atoms with Crippen LogP contribution >= 0.6 is 0 Å². The van der Waals surface area contributed by atoms with Crippen LogP contribution < -0.4 is 18.9 Å². The zero-order valence-corrected chi connectivity index (χ0v) is 15.9. The molecule has 1 fully saturated rings. The molecule has 5 rings (SSSR count). The molecule has 2 aliphatic heterocycles. The number of ether oxygens (including phenoxy) is 5. The maximum absolute atomic E-state index is 12.9. The summed E-state index contributed by atoms with van der Waals surface area (Å²) in [4.78, 5) is 12.9. The van der Waals surface area contributed by atoms with Gasteiger partial charge in [0, 0.05) is 12.3 Å². The van der Waals surface area contributed by atoms with Crippen molar-refractivity contribution >= 4 is 5.97 Å². The van der Waals surface area contributed by atoms with E-state index in [0.29, 0.717) is 29.0 Å². The first-order valence-corrected chi connectivity index (χ1v) is 9.25. The summed E-state index contributed by atoms with van der Waals surface area (Å²) in [6.07, 6.45) is -0.720. The van der Waals surface area contributed by atoms with Crippen LogP contribution in [0.5, 0.6) is 28.7 Å². The topological polar surface area (TPSA) is 104 Å². The molecule has 8 nitrogen and oxygen atoms in total. The number of hydrogen-bond acceptors (Lipinski definition) is 8. The van der Waals surface area contributed by atoms with E-state index in [0.717, 1.165) is 5.56 Å². The van der Waals surface area contributed by atoms with Crippen molar-refractivity contribution in [2.75, 3.05) is 27.6 Å². The maximum Gasteiger partial charge on any atom is 0.316 e. The fraction of sp³-hybridized carbons (Fsp3) is 0.381. The van der Waals surface area contributed by atoms with E-state index in [1.807, 2.05) is 0 Å². The Morgan fingerprint density at radius 1 is 1.00 bits per heavy atom. The number of phenolic OH excluding ortho intramolecular Hbond substituents is 1. The first-order valence-electron chi connectivity index (χ1n) is 9.25. The number of carbonyl (C=O) groups is 1. The standard InChI is InChI=1S/C21H20O8/c1-25-15-5-10(6-16(26-2)18(15)22)17-11-7-13-14(29-9-28-13)8-12(11)19(23)21(17)3-4-27-20(21)24/h5-8,17,19,22-23H,3-4,9H2,1-2H3/t17-,19-,21+/m1/s1. The van der Waals surface area contributed by atoms with E-state index >= 15 is 0 Å². The van der Waals surface area contributed by atoms with Gasteiger partial charge in [0.15, 0.2) is 23.0 Å². The summed E-state index contributed by atoms with van der Waals surface area (Å²) >= 11 is 0. The Morgan fingerprint density at radius 2 is 1.62 bits per heavy atom. The van der Waals surface area contributed by atoms with E-state index < -0.39 is 23.4 Å². The molecular weight excluding hydrogens is 380 g/mol. The van der Waals surface area contributed by atoms with Crippen LogP contribution in [-0.2, 0) is 9.53 Å². The highest BCUT2D eigenvalue weighted by Gasteiger charge is 2.62. The molecule has 3 atom stereocenters. The SMILES string of the molecule is COc1cc([C@@H]2c3cc4c(cc3[C@@H](O)[C@]23CCOC3=O)OCO4)cc(OC)c1O. The van der Waals surface area contributed by atoms with Crippen molar-refractivity contribution in [1.82, 2.24) is 0 Å². The summed E-state index contributed by atoms with van der Waals surface area (Å²) in [6, 6.07) is 6.84. The highest BCUT2D eigenvalue weighted by atomic mass is 16.7. The lowest BCUT2D eigenvalue weighted by atomic mass is 9.70. The molecule has 29 heavy (non-hydrogen) atoms. The number of methoxy groups -OCH3 is 2. The molecule has 2 N–H and O–H groups in total. The molecule has 2 aromatic rings. The number of benzene rings is 2. The van der Waals surface area contributed by atoms with E-state index in [2.05, 4.69) is 0 Å². The van der Waals surface area contributed by atoms with Crippen LogP contribution in [0.3, 0.4) is 0 Å². The van der Waals surface area contributed by atoms with Crippen molar-refractivity contribution < 1.29 is 38.7 Å². The number of fused-ring (bicyclic) bond motifs is 2. The quantitative estimate of drug-likeness (QED) is 0.757. The first-order chi connectivity index (χ1) is 14.0. The summed E-state index contributed by atoms with van der Waals surface area (Å²) in [5, 5.41) is 21.6. The number of cyclic esters (lactones) is 1. The van der Waals surface area contributed by atoms with E-state index in [4.69, 9.17) is 23.7 Å². The summed E-state index contributed by atoms with van der Waals surface area (Å²) in [5.41, 5.74) is 0.816. The lowest BCUT2D eigenvalue weighted by Crippen LogP contribution is -2.35. The molecule has 0 amide bonds. The number of carbonyl (C=O) groups excluding carboxylic acids is 1. The number of phenols is 1. The number of esters is 1. The van der Waals surface area contributed by atoms with Gasteiger partial charge < -0.3 is 33.9 Å². The third-order valence-electron chi connectivity index (χ3n) is 6.15. The molecule has 0 aromatic heterocycles. The normalized spacial score (nSPS) is 26.5. The lowest BCUT2D eigenvalue weighted by molar-refractivity contribution is -0.152. The van der Waals surface area contributed by atoms with Gasteiger partial charge in [-0.15, -0.1) is 0 Å². The Balaban J connectivity index is 1.77. The van der Waals surface area contributed by atoms with Crippen LogP contribution in [0.1, 0.15) is 35.1 Å². The summed E-state index contributed by atoms with van der Waals surface area (Å²) in [5.74, 6) is 0.382. The summed E-state index contributed by atoms with van der Waals surface area (Å²) < 4.78 is 26.9. The van der Waals surface area contributed by atoms with Crippen molar-refractivity contribution in [1.29, 1.82) is 0 Å². The van der Waals surface area contributed by atoms with Crippen LogP contribution in [0, 0.1) is 5.41 Å². The third kappa shape index (κ3) is 2.26. The minimum Gasteiger partial charge on any atom is -0.502 e. The average Bonchev–Trinajstić information content (AvgIpc) is 3.40. The molecule has 3 aliphatic rings. The van der Waals surface area contributed by atoms with Gasteiger partial charge in [0.25, 0.3) is 0 Å². The molecule has 2 heterocycles. The number of rotatable bonds is 3. The molecule has 2 aromatic carbocycles. The van der Waals surface area contributed by atoms with Crippen LogP contribution in [0.2, 0.25) is 0 Å². The molecule has 152 valence electrons. The maximum atomic E-state index is 12.9. The van der Waals surface area contributed by atoms with Crippen molar-refractivity contribution in [3.63, 3.8) is 0 Å². The summed E-state index contributed by atoms with van der Waals surface area (Å²) in [7, 11) is 2.88. The predicted molar refractivity (Wildman–Crippen MR) is 98.6 cm³/mol. The van der Waals surface area contributed by atoms with Crippen molar-refractivity contribution in [3.05, 3.63) is 41.0 Å². The van der Waals surface area contributed by atoms with E-state index in [1.54, 1.807) is 24.3 Å². The fourth-order valence-electron chi connectivity index (χ4n) is 4.79. The molecule has 0 bridgehead atoms. The van der Waals surface area contributed by atoms with E-state index in [1.165, 1.54) is 14.2 Å². The Hall–Kier alpha value is -3.13. The zero-order chi connectivity index (χ0) is 20.3. The molecule has 8 heteroatoms. The zero-order valence-electron chi connectivity index (χ0n) is 15.9. The van der Waals surface area contributed by atoms with Gasteiger partial charge in [-0.1, -0.05) is 0 Å². The van der Waals surface area contributed by atoms with Gasteiger partial charge in [-0.05, 0) is 41.0 Å². The minimum atomic E-state index is -1.19. The van der Waals surface area contributed by atoms with Crippen molar-refractivity contribution in [3.8, 4) is 28.7 Å². The molecule has 0 radical (unpaired) electrons. The Bertz CT molecular complexity index is 991. The van der Waals surface area contributed by atoms with E-state index in [9.17, 15) is 15.0 Å². The number of aliphatic hydroxyl groups is 1. The number of hydrogen-bond donors (Lipinski definition) is 2. The van der Waals surface area contributed by atoms with Gasteiger partial charge in [0.2, 0.25) is 12.5 Å². The van der Waals surface area contributed by atoms with Crippen molar-refractivity contribution in [2.45, 2.75) is 18.4 Å². The van der Waals surface area contributed by atoms with Crippen LogP contribution in [0.25, 0.3) is 0 Å². The van der Waals surface area contributed by atoms with Gasteiger partial charge in [-0.2, -0.15) is 0 Å². The van der Waals surface area contributed by atoms with Gasteiger partial charge in [0.1, 0.15) is 5.41 Å². The van der Waals surface area contributed by atoms with Crippen LogP contribution in [0.15, 0.2) is 24.3 Å². The minimum absolute atomic E-state index is 0.104. The monoisotopic (exact) mass is 400 g/mol. The second-order valence-electron chi connectivity index (χ2n) is 7.37. The second kappa shape index (κ2) is 6.18. The Labute approximate surface area is 166 Å². The lowest BCUT2D eigenvalue weighted by Gasteiger charge is -2.31. The van der Waals surface area contributed by atoms with Gasteiger partial charge in [-0.3, -0.25) is 4.79 Å². The second-order valence-corrected chi connectivity index (χ2v) is 7.37. The first kappa shape index (κ1) is 17.9. The van der Waals surface area contributed by atoms with Gasteiger partial charge in [0.05, 0.1) is 26.9 Å². The Kier molecular flexibility index (Phi) is 3.82. The smallest absolute Gasteiger partial charge is 0.316 e. The fourth-order valence-corrected chi connectivity index (χ4v) is 4.79. The predicted octanol–water partition coefficient (Wildman–Crippen LogP) is 2.25. The van der Waals surface area contributed by atoms with Gasteiger partial charge in [-0.25, -0.2) is 0 Å². The molecular formula is C21H20O8. The highest BCUT2D eigenvalue weighted by Crippen LogP contribution is 2.63. The Morgan fingerprint density at radius 3 is 2.17 bits per heavy atom. The molecule has 1 saturated heterocycles.